The predicted molar refractivity (Wildman–Crippen MR) is 289 cm³/mol. The van der Waals surface area contributed by atoms with Crippen LogP contribution < -0.4 is 25.1 Å². The van der Waals surface area contributed by atoms with E-state index in [0.29, 0.717) is 96.3 Å². The standard InChI is InChI=1S/C53H60ClFN7O7PS2/c1-37(2)61-38(3)53(72(4,66)67)51(52(61)39-10-12-41(54)13-11-39)40-32-42(55)34-46(33-40)59-24-22-58(23-25-59)44-14-16-45(17-15-44)60-28-31-69-70(60,65)47-18-19-49(50(35-47)62(63)64)56-43(20-21-57-26-29-68-30-27-57)36-71-48-8-6-5-7-9-48/h5-19,32-35,37,43,56H,20-31,36H2,1-4H3/t43-,70+/m1/s1. The van der Waals surface area contributed by atoms with Crippen LogP contribution in [0.5, 0.6) is 0 Å². The third kappa shape index (κ3) is 11.2. The zero-order valence-corrected chi connectivity index (χ0v) is 44.2. The predicted octanol–water partition coefficient (Wildman–Crippen LogP) is 10.8. The molecule has 72 heavy (non-hydrogen) atoms. The van der Waals surface area contributed by atoms with Crippen LogP contribution in [0, 0.1) is 22.9 Å². The first-order valence-corrected chi connectivity index (χ1v) is 29.1. The number of morpholine rings is 1. The highest BCUT2D eigenvalue weighted by atomic mass is 35.5. The summed E-state index contributed by atoms with van der Waals surface area (Å²) in [5.74, 6) is 0.221. The lowest BCUT2D eigenvalue weighted by atomic mass is 9.99. The van der Waals surface area contributed by atoms with E-state index in [9.17, 15) is 23.1 Å². The van der Waals surface area contributed by atoms with Crippen LogP contribution in [0.15, 0.2) is 125 Å². The van der Waals surface area contributed by atoms with Crippen molar-refractivity contribution >= 4 is 74.5 Å². The molecule has 380 valence electrons. The topological polar surface area (TPSA) is 143 Å². The summed E-state index contributed by atoms with van der Waals surface area (Å²) in [4.78, 5) is 20.2. The van der Waals surface area contributed by atoms with Crippen LogP contribution >= 0.6 is 30.9 Å². The first-order chi connectivity index (χ1) is 34.6. The van der Waals surface area contributed by atoms with Crippen molar-refractivity contribution < 1.29 is 31.6 Å². The quantitative estimate of drug-likeness (QED) is 0.0401. The minimum atomic E-state index is -3.75. The van der Waals surface area contributed by atoms with Gasteiger partial charge in [0.25, 0.3) is 5.69 Å². The Morgan fingerprint density at radius 1 is 0.819 bits per heavy atom. The number of hydrogen-bond acceptors (Lipinski definition) is 12. The largest absolute Gasteiger partial charge is 0.379 e. The van der Waals surface area contributed by atoms with Crippen molar-refractivity contribution in [2.75, 3.05) is 104 Å². The Morgan fingerprint density at radius 2 is 1.49 bits per heavy atom. The van der Waals surface area contributed by atoms with Crippen molar-refractivity contribution in [3.63, 3.8) is 0 Å². The molecule has 14 nitrogen and oxygen atoms in total. The molecule has 4 heterocycles. The first-order valence-electron chi connectivity index (χ1n) is 24.2. The highest BCUT2D eigenvalue weighted by molar-refractivity contribution is 7.99. The van der Waals surface area contributed by atoms with Crippen LogP contribution in [0.25, 0.3) is 22.4 Å². The van der Waals surface area contributed by atoms with Crippen LogP contribution in [-0.2, 0) is 23.7 Å². The molecule has 2 atom stereocenters. The van der Waals surface area contributed by atoms with E-state index in [1.165, 1.54) is 24.5 Å². The van der Waals surface area contributed by atoms with Gasteiger partial charge >= 0.3 is 7.52 Å². The average molecular weight is 1060 g/mol. The van der Waals surface area contributed by atoms with Gasteiger partial charge < -0.3 is 28.9 Å². The number of benzene rings is 5. The number of halogens is 2. The summed E-state index contributed by atoms with van der Waals surface area (Å²) in [6.45, 7) is 12.6. The molecule has 3 aliphatic rings. The van der Waals surface area contributed by atoms with Crippen LogP contribution in [0.1, 0.15) is 32.0 Å². The van der Waals surface area contributed by atoms with E-state index < -0.39 is 28.1 Å². The summed E-state index contributed by atoms with van der Waals surface area (Å²) in [6, 6.07) is 34.4. The maximum atomic E-state index is 15.8. The number of anilines is 4. The molecule has 0 amide bonds. The van der Waals surface area contributed by atoms with Gasteiger partial charge in [0.1, 0.15) is 11.5 Å². The van der Waals surface area contributed by atoms with Crippen molar-refractivity contribution in [2.24, 2.45) is 0 Å². The fourth-order valence-electron chi connectivity index (χ4n) is 10.1. The van der Waals surface area contributed by atoms with Gasteiger partial charge in [-0.05, 0) is 117 Å². The van der Waals surface area contributed by atoms with E-state index in [-0.39, 0.29) is 34.6 Å². The van der Waals surface area contributed by atoms with E-state index in [4.69, 9.17) is 20.9 Å². The SMILES string of the molecule is Cc1c(S(C)(=O)=O)c(-c2cc(F)cc(N3CCN(c4ccc(N5CCO[P@@]5(=O)c5ccc(N[C@H](CCN6CCOCC6)CSc6ccccc6)c([N+](=O)[O-])c5)cc4)CC3)c2)c(-c2ccc(Cl)cc2)n1C(C)C. The highest BCUT2D eigenvalue weighted by Gasteiger charge is 2.41. The summed E-state index contributed by atoms with van der Waals surface area (Å²) in [6.07, 6.45) is 1.96. The van der Waals surface area contributed by atoms with Gasteiger partial charge in [0.2, 0.25) is 0 Å². The van der Waals surface area contributed by atoms with Gasteiger partial charge in [0.05, 0.1) is 47.2 Å². The third-order valence-electron chi connectivity index (χ3n) is 13.6. The van der Waals surface area contributed by atoms with E-state index in [1.807, 2.05) is 79.1 Å². The molecule has 0 bridgehead atoms. The van der Waals surface area contributed by atoms with Crippen LogP contribution in [0.2, 0.25) is 5.02 Å². The number of sulfone groups is 1. The fraction of sp³-hybridized carbons (Fsp3) is 0.358. The molecular formula is C53H60ClFN7O7PS2. The Bertz CT molecular complexity index is 3060. The second-order valence-corrected chi connectivity index (χ2v) is 24.5. The molecule has 5 aromatic carbocycles. The van der Waals surface area contributed by atoms with Gasteiger partial charge in [-0.2, -0.15) is 0 Å². The fourth-order valence-corrected chi connectivity index (χ4v) is 14.7. The molecular weight excluding hydrogens is 996 g/mol. The normalized spacial score (nSPS) is 18.2. The van der Waals surface area contributed by atoms with E-state index >= 15 is 4.39 Å². The van der Waals surface area contributed by atoms with Gasteiger partial charge in [-0.25, -0.2) is 12.8 Å². The second-order valence-electron chi connectivity index (χ2n) is 18.7. The monoisotopic (exact) mass is 1060 g/mol. The molecule has 3 fully saturated rings. The van der Waals surface area contributed by atoms with Gasteiger partial charge in [-0.3, -0.25) is 24.2 Å². The Labute approximate surface area is 430 Å². The molecule has 0 unspecified atom stereocenters. The molecule has 0 saturated carbocycles. The second kappa shape index (κ2) is 22.0. The minimum absolute atomic E-state index is 0.0847. The zero-order valence-electron chi connectivity index (χ0n) is 40.9. The van der Waals surface area contributed by atoms with Crippen molar-refractivity contribution in [2.45, 2.75) is 49.1 Å². The molecule has 1 N–H and O–H groups in total. The van der Waals surface area contributed by atoms with Gasteiger partial charge in [-0.1, -0.05) is 41.9 Å². The number of ether oxygens (including phenoxy) is 1. The number of nitro groups is 1. The smallest absolute Gasteiger partial charge is 0.326 e. The maximum Gasteiger partial charge on any atom is 0.326 e. The molecule has 6 aromatic rings. The Balaban J connectivity index is 0.904. The van der Waals surface area contributed by atoms with Crippen molar-refractivity contribution in [3.05, 3.63) is 142 Å². The number of aromatic nitrogens is 1. The minimum Gasteiger partial charge on any atom is -0.379 e. The van der Waals surface area contributed by atoms with E-state index in [0.717, 1.165) is 42.2 Å². The molecule has 3 aliphatic heterocycles. The number of nitrogens with zero attached hydrogens (tertiary/aromatic N) is 6. The molecule has 3 saturated heterocycles. The van der Waals surface area contributed by atoms with Gasteiger partial charge in [0.15, 0.2) is 9.84 Å². The summed E-state index contributed by atoms with van der Waals surface area (Å²) in [7, 11) is -7.49. The number of nitro benzene ring substituents is 1. The lowest BCUT2D eigenvalue weighted by Crippen LogP contribution is -2.46. The number of rotatable bonds is 17. The molecule has 0 radical (unpaired) electrons. The zero-order chi connectivity index (χ0) is 50.7. The van der Waals surface area contributed by atoms with E-state index in [1.54, 1.807) is 47.6 Å². The average Bonchev–Trinajstić information content (AvgIpc) is 3.93. The number of nitrogens with one attached hydrogen (secondary N) is 1. The summed E-state index contributed by atoms with van der Waals surface area (Å²) < 4.78 is 73.0. The number of piperazine rings is 1. The summed E-state index contributed by atoms with van der Waals surface area (Å²) in [5.41, 5.74) is 5.43. The number of hydrogen-bond donors (Lipinski definition) is 1. The van der Waals surface area contributed by atoms with Crippen LogP contribution in [0.3, 0.4) is 0 Å². The first kappa shape index (κ1) is 51.5. The van der Waals surface area contributed by atoms with E-state index in [2.05, 4.69) is 32.1 Å². The molecule has 0 spiro atoms. The molecule has 1 aromatic heterocycles. The van der Waals surface area contributed by atoms with Crippen LogP contribution in [-0.4, -0.2) is 113 Å². The highest BCUT2D eigenvalue weighted by Crippen LogP contribution is 2.56. The summed E-state index contributed by atoms with van der Waals surface area (Å²) >= 11 is 7.97. The lowest BCUT2D eigenvalue weighted by Gasteiger charge is -2.37. The summed E-state index contributed by atoms with van der Waals surface area (Å²) in [5, 5.41) is 17.0. The van der Waals surface area contributed by atoms with Crippen molar-refractivity contribution in [1.82, 2.24) is 9.47 Å². The van der Waals surface area contributed by atoms with Crippen molar-refractivity contribution in [1.29, 1.82) is 0 Å². The molecule has 9 rings (SSSR count). The third-order valence-corrected chi connectivity index (χ3v) is 18.8. The molecule has 0 aliphatic carbocycles. The Morgan fingerprint density at radius 3 is 2.14 bits per heavy atom. The van der Waals surface area contributed by atoms with Gasteiger partial charge in [-0.15, -0.1) is 11.8 Å². The Hall–Kier alpha value is -5.39. The Kier molecular flexibility index (Phi) is 15.7. The maximum absolute atomic E-state index is 15.8. The van der Waals surface area contributed by atoms with Gasteiger partial charge in [0, 0.05) is 114 Å². The lowest BCUT2D eigenvalue weighted by molar-refractivity contribution is -0.383. The number of thioether (sulfide) groups is 1. The molecule has 19 heteroatoms. The van der Waals surface area contributed by atoms with Crippen LogP contribution in [0.4, 0.5) is 32.8 Å². The van der Waals surface area contributed by atoms with Crippen molar-refractivity contribution in [3.8, 4) is 22.4 Å².